The Morgan fingerprint density at radius 3 is 2.47 bits per heavy atom. The van der Waals surface area contributed by atoms with E-state index in [2.05, 4.69) is 4.90 Å². The predicted molar refractivity (Wildman–Crippen MR) is 99.9 cm³/mol. The summed E-state index contributed by atoms with van der Waals surface area (Å²) in [7, 11) is 0. The summed E-state index contributed by atoms with van der Waals surface area (Å²) in [5.74, 6) is -0.845. The first-order valence-electron chi connectivity index (χ1n) is 10.2. The fourth-order valence-corrected chi connectivity index (χ4v) is 4.48. The summed E-state index contributed by atoms with van der Waals surface area (Å²) in [4.78, 5) is 26.1. The molecule has 3 saturated heterocycles. The summed E-state index contributed by atoms with van der Waals surface area (Å²) >= 11 is 0. The van der Waals surface area contributed by atoms with Crippen LogP contribution in [0.1, 0.15) is 36.2 Å². The topological polar surface area (TPSA) is 83.2 Å². The van der Waals surface area contributed by atoms with Crippen LogP contribution in [0.15, 0.2) is 22.8 Å². The van der Waals surface area contributed by atoms with Crippen molar-refractivity contribution in [3.8, 4) is 0 Å². The highest BCUT2D eigenvalue weighted by molar-refractivity contribution is 5.91. The first-order chi connectivity index (χ1) is 14.3. The van der Waals surface area contributed by atoms with E-state index in [1.165, 1.54) is 38.8 Å². The minimum atomic E-state index is -5.08. The monoisotopic (exact) mass is 432 g/mol. The van der Waals surface area contributed by atoms with Crippen LogP contribution in [-0.2, 0) is 9.53 Å². The van der Waals surface area contributed by atoms with Crippen LogP contribution in [0, 0.1) is 11.8 Å². The molecule has 0 bridgehead atoms. The lowest BCUT2D eigenvalue weighted by molar-refractivity contribution is -0.192. The molecule has 4 heterocycles. The molecule has 7 nitrogen and oxygen atoms in total. The second kappa shape index (κ2) is 9.82. The molecule has 0 aromatic carbocycles. The number of nitrogens with zero attached hydrogens (tertiary/aromatic N) is 2. The van der Waals surface area contributed by atoms with Crippen LogP contribution in [-0.4, -0.2) is 78.4 Å². The van der Waals surface area contributed by atoms with Crippen LogP contribution in [0.2, 0.25) is 0 Å². The minimum Gasteiger partial charge on any atom is -0.475 e. The molecule has 10 heteroatoms. The van der Waals surface area contributed by atoms with E-state index in [0.717, 1.165) is 32.2 Å². The predicted octanol–water partition coefficient (Wildman–Crippen LogP) is 2.88. The van der Waals surface area contributed by atoms with E-state index in [1.807, 2.05) is 4.90 Å². The van der Waals surface area contributed by atoms with E-state index in [4.69, 9.17) is 19.1 Å². The second-order valence-corrected chi connectivity index (χ2v) is 8.01. The summed E-state index contributed by atoms with van der Waals surface area (Å²) in [6.45, 7) is 5.92. The van der Waals surface area contributed by atoms with Crippen LogP contribution in [0.5, 0.6) is 0 Å². The number of carbonyl (C=O) groups is 2. The zero-order valence-electron chi connectivity index (χ0n) is 16.6. The lowest BCUT2D eigenvalue weighted by atomic mass is 9.90. The summed E-state index contributed by atoms with van der Waals surface area (Å²) in [6, 6.07) is 4.09. The Balaban J connectivity index is 0.000000318. The van der Waals surface area contributed by atoms with Crippen molar-refractivity contribution in [2.75, 3.05) is 39.4 Å². The first kappa shape index (κ1) is 22.6. The van der Waals surface area contributed by atoms with Crippen molar-refractivity contribution in [1.82, 2.24) is 9.80 Å². The number of amides is 1. The molecule has 2 atom stereocenters. The minimum absolute atomic E-state index is 0.0513. The van der Waals surface area contributed by atoms with Crippen molar-refractivity contribution in [1.29, 1.82) is 0 Å². The van der Waals surface area contributed by atoms with Crippen molar-refractivity contribution in [2.45, 2.75) is 37.9 Å². The Morgan fingerprint density at radius 1 is 1.17 bits per heavy atom. The molecule has 1 amide bonds. The molecule has 168 valence electrons. The van der Waals surface area contributed by atoms with Gasteiger partial charge in [0.2, 0.25) is 0 Å². The van der Waals surface area contributed by atoms with Crippen molar-refractivity contribution >= 4 is 11.9 Å². The Labute approximate surface area is 172 Å². The summed E-state index contributed by atoms with van der Waals surface area (Å²) in [6.07, 6.45) is 1.36. The number of alkyl halides is 3. The molecular formula is C20H27F3N2O5. The highest BCUT2D eigenvalue weighted by Crippen LogP contribution is 2.33. The number of aliphatic carboxylic acids is 1. The summed E-state index contributed by atoms with van der Waals surface area (Å²) in [5, 5.41) is 7.12. The molecule has 0 aliphatic carbocycles. The van der Waals surface area contributed by atoms with Gasteiger partial charge in [0.25, 0.3) is 5.91 Å². The van der Waals surface area contributed by atoms with Gasteiger partial charge in [-0.3, -0.25) is 9.69 Å². The van der Waals surface area contributed by atoms with Crippen LogP contribution < -0.4 is 0 Å². The quantitative estimate of drug-likeness (QED) is 0.791. The molecule has 3 aliphatic rings. The number of piperidine rings is 1. The zero-order chi connectivity index (χ0) is 21.7. The fraction of sp³-hybridized carbons (Fsp3) is 0.700. The van der Waals surface area contributed by atoms with Gasteiger partial charge in [0, 0.05) is 38.9 Å². The van der Waals surface area contributed by atoms with Crippen LogP contribution in [0.3, 0.4) is 0 Å². The maximum Gasteiger partial charge on any atom is 0.490 e. The molecule has 1 aromatic rings. The molecule has 3 aliphatic heterocycles. The molecule has 4 rings (SSSR count). The van der Waals surface area contributed by atoms with Gasteiger partial charge in [-0.2, -0.15) is 13.2 Å². The first-order valence-corrected chi connectivity index (χ1v) is 10.2. The van der Waals surface area contributed by atoms with Crippen LogP contribution in [0.4, 0.5) is 13.2 Å². The van der Waals surface area contributed by atoms with Gasteiger partial charge in [0.15, 0.2) is 5.76 Å². The maximum absolute atomic E-state index is 12.5. The Kier molecular flexibility index (Phi) is 7.41. The number of carbonyl (C=O) groups excluding carboxylic acids is 1. The van der Waals surface area contributed by atoms with E-state index in [1.54, 1.807) is 18.4 Å². The van der Waals surface area contributed by atoms with E-state index in [-0.39, 0.29) is 5.91 Å². The second-order valence-electron chi connectivity index (χ2n) is 8.01. The van der Waals surface area contributed by atoms with Gasteiger partial charge in [-0.1, -0.05) is 0 Å². The van der Waals surface area contributed by atoms with E-state index in [9.17, 15) is 18.0 Å². The molecule has 3 fully saturated rings. The molecule has 0 saturated carbocycles. The number of rotatable bonds is 3. The fourth-order valence-electron chi connectivity index (χ4n) is 4.48. The van der Waals surface area contributed by atoms with Gasteiger partial charge in [-0.05, 0) is 56.2 Å². The Morgan fingerprint density at radius 2 is 1.87 bits per heavy atom. The number of hydrogen-bond acceptors (Lipinski definition) is 5. The van der Waals surface area contributed by atoms with E-state index >= 15 is 0 Å². The average molecular weight is 432 g/mol. The lowest BCUT2D eigenvalue weighted by Crippen LogP contribution is -2.47. The third kappa shape index (κ3) is 5.75. The third-order valence-electron chi connectivity index (χ3n) is 5.99. The number of ether oxygens (including phenoxy) is 1. The molecule has 1 N–H and O–H groups in total. The summed E-state index contributed by atoms with van der Waals surface area (Å²) < 4.78 is 42.5. The Hall–Kier alpha value is -2.07. The SMILES string of the molecule is O=C(O)C(F)(F)F.O=C(c1ccco1)N1C[C@H]2CCCN(CC3CCOCC3)[C@H]2C1. The van der Waals surface area contributed by atoms with E-state index < -0.39 is 12.1 Å². The molecular weight excluding hydrogens is 405 g/mol. The van der Waals surface area contributed by atoms with Gasteiger partial charge in [-0.25, -0.2) is 4.79 Å². The highest BCUT2D eigenvalue weighted by atomic mass is 19.4. The van der Waals surface area contributed by atoms with Gasteiger partial charge in [0.1, 0.15) is 0 Å². The van der Waals surface area contributed by atoms with Crippen molar-refractivity contribution in [3.05, 3.63) is 24.2 Å². The molecule has 1 aromatic heterocycles. The molecule has 30 heavy (non-hydrogen) atoms. The van der Waals surface area contributed by atoms with Crippen molar-refractivity contribution in [2.24, 2.45) is 11.8 Å². The average Bonchev–Trinajstić information content (AvgIpc) is 3.38. The zero-order valence-corrected chi connectivity index (χ0v) is 16.6. The van der Waals surface area contributed by atoms with E-state index in [0.29, 0.717) is 17.7 Å². The normalized spacial score (nSPS) is 25.4. The number of hydrogen-bond donors (Lipinski definition) is 1. The number of carboxylic acid groups (broad SMARTS) is 1. The molecule has 0 unspecified atom stereocenters. The van der Waals surface area contributed by atoms with Crippen molar-refractivity contribution < 1.29 is 37.0 Å². The Bertz CT molecular complexity index is 704. The summed E-state index contributed by atoms with van der Waals surface area (Å²) in [5.41, 5.74) is 0. The molecule has 0 spiro atoms. The largest absolute Gasteiger partial charge is 0.490 e. The smallest absolute Gasteiger partial charge is 0.475 e. The number of likely N-dealkylation sites (tertiary alicyclic amines) is 2. The van der Waals surface area contributed by atoms with Gasteiger partial charge in [0.05, 0.1) is 6.26 Å². The van der Waals surface area contributed by atoms with Crippen molar-refractivity contribution in [3.63, 3.8) is 0 Å². The highest BCUT2D eigenvalue weighted by Gasteiger charge is 2.41. The van der Waals surface area contributed by atoms with Gasteiger partial charge < -0.3 is 19.2 Å². The van der Waals surface area contributed by atoms with Gasteiger partial charge >= 0.3 is 12.1 Å². The number of carboxylic acids is 1. The van der Waals surface area contributed by atoms with Crippen LogP contribution in [0.25, 0.3) is 0 Å². The maximum atomic E-state index is 12.5. The lowest BCUT2D eigenvalue weighted by Gasteiger charge is -2.39. The molecule has 0 radical (unpaired) electrons. The van der Waals surface area contributed by atoms with Crippen LogP contribution >= 0.6 is 0 Å². The van der Waals surface area contributed by atoms with Gasteiger partial charge in [-0.15, -0.1) is 0 Å². The standard InChI is InChI=1S/C18H26N2O3.C2HF3O2/c21-18(17-4-2-8-23-17)20-12-15-3-1-7-19(16(15)13-20)11-14-5-9-22-10-6-14;3-2(4,5)1(6)7/h2,4,8,14-16H,1,3,5-7,9-13H2;(H,6,7)/t15-,16+;/m1./s1. The number of furan rings is 1. The number of halogens is 3. The number of fused-ring (bicyclic) bond motifs is 1. The third-order valence-corrected chi connectivity index (χ3v) is 5.99.